The van der Waals surface area contributed by atoms with Gasteiger partial charge in [0.1, 0.15) is 6.04 Å². The Hall–Kier alpha value is -3.08. The van der Waals surface area contributed by atoms with Crippen LogP contribution in [0, 0.1) is 13.8 Å². The molecule has 0 spiro atoms. The molecule has 0 saturated carbocycles. The van der Waals surface area contributed by atoms with Crippen LogP contribution >= 0.6 is 11.6 Å². The molecule has 1 atom stereocenters. The molecule has 0 aromatic heterocycles. The first-order valence-corrected chi connectivity index (χ1v) is 14.3. The standard InChI is InChI=1S/C24H26ClN3O5S2/c1-16-9-12-20(15-17(16)2)28(34(4,30)31)18(3)24(29)26-19-10-13-21(14-11-19)35(32,33)27-23-8-6-5-7-22(23)25/h5-15,18,27H,1-4H3,(H,26,29)/t18-/m1/s1. The number of nitrogens with one attached hydrogen (secondary N) is 2. The Balaban J connectivity index is 1.78. The summed E-state index contributed by atoms with van der Waals surface area (Å²) >= 11 is 6.03. The predicted octanol–water partition coefficient (Wildman–Crippen LogP) is 4.55. The summed E-state index contributed by atoms with van der Waals surface area (Å²) in [7, 11) is -7.68. The van der Waals surface area contributed by atoms with Crippen LogP contribution < -0.4 is 14.3 Å². The van der Waals surface area contributed by atoms with Gasteiger partial charge in [0.15, 0.2) is 0 Å². The van der Waals surface area contributed by atoms with Crippen molar-refractivity contribution in [2.24, 2.45) is 0 Å². The van der Waals surface area contributed by atoms with Crippen molar-refractivity contribution in [3.63, 3.8) is 0 Å². The van der Waals surface area contributed by atoms with Crippen LogP contribution in [0.5, 0.6) is 0 Å². The molecule has 8 nitrogen and oxygen atoms in total. The number of para-hydroxylation sites is 1. The zero-order valence-electron chi connectivity index (χ0n) is 19.6. The van der Waals surface area contributed by atoms with Gasteiger partial charge in [-0.2, -0.15) is 0 Å². The van der Waals surface area contributed by atoms with Gasteiger partial charge < -0.3 is 5.32 Å². The Morgan fingerprint density at radius 3 is 2.11 bits per heavy atom. The SMILES string of the molecule is Cc1ccc(N([C@H](C)C(=O)Nc2ccc(S(=O)(=O)Nc3ccccc3Cl)cc2)S(C)(=O)=O)cc1C. The Bertz CT molecular complexity index is 1460. The number of anilines is 3. The predicted molar refractivity (Wildman–Crippen MR) is 140 cm³/mol. The third-order valence-electron chi connectivity index (χ3n) is 5.38. The Morgan fingerprint density at radius 2 is 1.54 bits per heavy atom. The van der Waals surface area contributed by atoms with Crippen LogP contribution in [-0.2, 0) is 24.8 Å². The smallest absolute Gasteiger partial charge is 0.261 e. The molecule has 0 aliphatic heterocycles. The molecule has 0 bridgehead atoms. The monoisotopic (exact) mass is 535 g/mol. The molecule has 3 aromatic rings. The van der Waals surface area contributed by atoms with Gasteiger partial charge in [-0.3, -0.25) is 13.8 Å². The van der Waals surface area contributed by atoms with E-state index >= 15 is 0 Å². The van der Waals surface area contributed by atoms with E-state index in [4.69, 9.17) is 11.6 Å². The van der Waals surface area contributed by atoms with Gasteiger partial charge in [-0.15, -0.1) is 0 Å². The maximum absolute atomic E-state index is 12.9. The Morgan fingerprint density at radius 1 is 0.914 bits per heavy atom. The van der Waals surface area contributed by atoms with Gasteiger partial charge in [-0.05, 0) is 80.4 Å². The van der Waals surface area contributed by atoms with Gasteiger partial charge in [0.25, 0.3) is 10.0 Å². The molecule has 0 unspecified atom stereocenters. The summed E-state index contributed by atoms with van der Waals surface area (Å²) in [5.41, 5.74) is 2.83. The van der Waals surface area contributed by atoms with E-state index in [2.05, 4.69) is 10.0 Å². The molecule has 0 radical (unpaired) electrons. The number of benzene rings is 3. The number of carbonyl (C=O) groups excluding carboxylic acids is 1. The molecule has 186 valence electrons. The summed E-state index contributed by atoms with van der Waals surface area (Å²) in [6.45, 7) is 5.26. The number of amides is 1. The lowest BCUT2D eigenvalue weighted by Gasteiger charge is -2.28. The quantitative estimate of drug-likeness (QED) is 0.439. The Labute approximate surface area is 211 Å². The number of halogens is 1. The topological polar surface area (TPSA) is 113 Å². The molecular formula is C24H26ClN3O5S2. The molecule has 0 aliphatic rings. The van der Waals surface area contributed by atoms with E-state index in [9.17, 15) is 21.6 Å². The van der Waals surface area contributed by atoms with Gasteiger partial charge in [0.2, 0.25) is 15.9 Å². The summed E-state index contributed by atoms with van der Waals surface area (Å²) in [4.78, 5) is 12.9. The molecule has 1 amide bonds. The summed E-state index contributed by atoms with van der Waals surface area (Å²) in [6, 6.07) is 16.1. The van der Waals surface area contributed by atoms with Crippen LogP contribution in [0.25, 0.3) is 0 Å². The first kappa shape index (κ1) is 26.5. The van der Waals surface area contributed by atoms with Gasteiger partial charge in [0.05, 0.1) is 27.5 Å². The largest absolute Gasteiger partial charge is 0.324 e. The second-order valence-corrected chi connectivity index (χ2v) is 12.1. The molecular weight excluding hydrogens is 510 g/mol. The van der Waals surface area contributed by atoms with Gasteiger partial charge in [-0.25, -0.2) is 16.8 Å². The molecule has 2 N–H and O–H groups in total. The normalized spacial score (nSPS) is 12.6. The second kappa shape index (κ2) is 10.3. The number of aryl methyl sites for hydroxylation is 2. The Kier molecular flexibility index (Phi) is 7.78. The highest BCUT2D eigenvalue weighted by molar-refractivity contribution is 7.92. The van der Waals surface area contributed by atoms with Crippen LogP contribution in [0.2, 0.25) is 5.02 Å². The van der Waals surface area contributed by atoms with E-state index < -0.39 is 32.0 Å². The van der Waals surface area contributed by atoms with E-state index in [1.165, 1.54) is 31.2 Å². The summed E-state index contributed by atoms with van der Waals surface area (Å²) in [6.07, 6.45) is 1.04. The maximum Gasteiger partial charge on any atom is 0.261 e. The zero-order chi connectivity index (χ0) is 26.0. The van der Waals surface area contributed by atoms with E-state index in [-0.39, 0.29) is 15.6 Å². The van der Waals surface area contributed by atoms with Crippen molar-refractivity contribution >= 4 is 54.6 Å². The fourth-order valence-electron chi connectivity index (χ4n) is 3.38. The van der Waals surface area contributed by atoms with Crippen LogP contribution in [-0.4, -0.2) is 35.0 Å². The number of sulfonamides is 2. The van der Waals surface area contributed by atoms with Crippen molar-refractivity contribution in [3.8, 4) is 0 Å². The van der Waals surface area contributed by atoms with Crippen molar-refractivity contribution in [2.45, 2.75) is 31.7 Å². The van der Waals surface area contributed by atoms with Crippen molar-refractivity contribution < 1.29 is 21.6 Å². The number of hydrogen-bond acceptors (Lipinski definition) is 5. The number of nitrogens with zero attached hydrogens (tertiary/aromatic N) is 1. The average molecular weight is 536 g/mol. The molecule has 11 heteroatoms. The lowest BCUT2D eigenvalue weighted by atomic mass is 10.1. The average Bonchev–Trinajstić information content (AvgIpc) is 2.77. The molecule has 0 heterocycles. The third kappa shape index (κ3) is 6.33. The highest BCUT2D eigenvalue weighted by atomic mass is 35.5. The first-order chi connectivity index (χ1) is 16.3. The number of carbonyl (C=O) groups is 1. The van der Waals surface area contributed by atoms with Crippen LogP contribution in [0.1, 0.15) is 18.1 Å². The minimum absolute atomic E-state index is 0.0311. The maximum atomic E-state index is 12.9. The summed E-state index contributed by atoms with van der Waals surface area (Å²) in [5, 5.41) is 2.90. The van der Waals surface area contributed by atoms with Crippen molar-refractivity contribution in [2.75, 3.05) is 20.6 Å². The summed E-state index contributed by atoms with van der Waals surface area (Å²) in [5.74, 6) is -0.571. The molecule has 0 fully saturated rings. The summed E-state index contributed by atoms with van der Waals surface area (Å²) < 4.78 is 53.9. The highest BCUT2D eigenvalue weighted by Crippen LogP contribution is 2.26. The molecule has 0 aliphatic carbocycles. The van der Waals surface area contributed by atoms with Crippen molar-refractivity contribution in [1.29, 1.82) is 0 Å². The molecule has 3 aromatic carbocycles. The fourth-order valence-corrected chi connectivity index (χ4v) is 5.87. The van der Waals surface area contributed by atoms with E-state index in [0.717, 1.165) is 21.7 Å². The zero-order valence-corrected chi connectivity index (χ0v) is 22.0. The van der Waals surface area contributed by atoms with Crippen LogP contribution in [0.3, 0.4) is 0 Å². The second-order valence-electron chi connectivity index (χ2n) is 8.10. The van der Waals surface area contributed by atoms with Gasteiger partial charge >= 0.3 is 0 Å². The van der Waals surface area contributed by atoms with E-state index in [1.54, 1.807) is 42.5 Å². The van der Waals surface area contributed by atoms with Gasteiger partial charge in [-0.1, -0.05) is 29.8 Å². The van der Waals surface area contributed by atoms with E-state index in [0.29, 0.717) is 11.4 Å². The minimum Gasteiger partial charge on any atom is -0.324 e. The lowest BCUT2D eigenvalue weighted by Crippen LogP contribution is -2.45. The highest BCUT2D eigenvalue weighted by Gasteiger charge is 2.29. The van der Waals surface area contributed by atoms with Gasteiger partial charge in [0, 0.05) is 5.69 Å². The molecule has 3 rings (SSSR count). The number of rotatable bonds is 8. The molecule has 0 saturated heterocycles. The van der Waals surface area contributed by atoms with Crippen molar-refractivity contribution in [3.05, 3.63) is 82.9 Å². The van der Waals surface area contributed by atoms with Crippen LogP contribution in [0.4, 0.5) is 17.1 Å². The lowest BCUT2D eigenvalue weighted by molar-refractivity contribution is -0.116. The van der Waals surface area contributed by atoms with E-state index in [1.807, 2.05) is 13.8 Å². The fraction of sp³-hybridized carbons (Fsp3) is 0.208. The number of hydrogen-bond donors (Lipinski definition) is 2. The third-order valence-corrected chi connectivity index (χ3v) is 8.34. The van der Waals surface area contributed by atoms with Crippen LogP contribution in [0.15, 0.2) is 71.6 Å². The first-order valence-electron chi connectivity index (χ1n) is 10.5. The minimum atomic E-state index is -3.91. The molecule has 35 heavy (non-hydrogen) atoms. The van der Waals surface area contributed by atoms with Crippen molar-refractivity contribution in [1.82, 2.24) is 0 Å².